The second kappa shape index (κ2) is 8.58. The van der Waals surface area contributed by atoms with Crippen LogP contribution in [-0.4, -0.2) is 31.5 Å². The molecule has 7 heteroatoms. The highest BCUT2D eigenvalue weighted by Gasteiger charge is 2.32. The Hall–Kier alpha value is -2.33. The number of thioether (sulfide) groups is 1. The Morgan fingerprint density at radius 2 is 1.72 bits per heavy atom. The molecule has 0 bridgehead atoms. The van der Waals surface area contributed by atoms with Gasteiger partial charge in [0.15, 0.2) is 11.0 Å². The Morgan fingerprint density at radius 3 is 2.21 bits per heavy atom. The molecule has 6 nitrogen and oxygen atoms in total. The van der Waals surface area contributed by atoms with Crippen LogP contribution < -0.4 is 5.32 Å². The van der Waals surface area contributed by atoms with E-state index in [0.29, 0.717) is 5.16 Å². The lowest BCUT2D eigenvalue weighted by Crippen LogP contribution is -2.51. The molecule has 0 saturated carbocycles. The lowest BCUT2D eigenvalue weighted by atomic mass is 9.87. The van der Waals surface area contributed by atoms with E-state index in [2.05, 4.69) is 66.6 Å². The highest BCUT2D eigenvalue weighted by molar-refractivity contribution is 8.00. The molecule has 2 atom stereocenters. The van der Waals surface area contributed by atoms with Gasteiger partial charge in [0.25, 0.3) is 0 Å². The van der Waals surface area contributed by atoms with Gasteiger partial charge in [-0.1, -0.05) is 70.6 Å². The van der Waals surface area contributed by atoms with E-state index in [-0.39, 0.29) is 17.2 Å². The van der Waals surface area contributed by atoms with Crippen molar-refractivity contribution in [1.82, 2.24) is 20.1 Å². The lowest BCUT2D eigenvalue weighted by Gasteiger charge is -2.28. The van der Waals surface area contributed by atoms with Crippen LogP contribution in [0.2, 0.25) is 0 Å². The van der Waals surface area contributed by atoms with Crippen LogP contribution in [0.15, 0.2) is 29.4 Å². The van der Waals surface area contributed by atoms with Crippen LogP contribution in [0.3, 0.4) is 0 Å². The minimum atomic E-state index is -0.897. The summed E-state index contributed by atoms with van der Waals surface area (Å²) in [6.45, 7) is 13.9. The van der Waals surface area contributed by atoms with E-state index in [4.69, 9.17) is 0 Å². The van der Waals surface area contributed by atoms with E-state index in [1.54, 1.807) is 6.92 Å². The molecule has 0 aliphatic heterocycles. The summed E-state index contributed by atoms with van der Waals surface area (Å²) in [6, 6.07) is 10.5. The summed E-state index contributed by atoms with van der Waals surface area (Å²) in [5.41, 5.74) is 1.44. The molecule has 0 aliphatic rings. The zero-order chi connectivity index (χ0) is 22.0. The normalized spacial score (nSPS) is 14.9. The Labute approximate surface area is 178 Å². The van der Waals surface area contributed by atoms with Gasteiger partial charge in [0, 0.05) is 12.6 Å². The summed E-state index contributed by atoms with van der Waals surface area (Å²) < 4.78 is 1.90. The fourth-order valence-corrected chi connectivity index (χ4v) is 3.47. The molecule has 1 N–H and O–H groups in total. The van der Waals surface area contributed by atoms with Crippen molar-refractivity contribution in [3.05, 3.63) is 29.8 Å². The molecule has 2 rings (SSSR count). The number of aromatic nitrogens is 3. The zero-order valence-electron chi connectivity index (χ0n) is 18.6. The van der Waals surface area contributed by atoms with E-state index in [1.807, 2.05) is 32.4 Å². The van der Waals surface area contributed by atoms with Gasteiger partial charge in [-0.3, -0.25) is 4.79 Å². The van der Waals surface area contributed by atoms with Gasteiger partial charge in [-0.05, 0) is 30.7 Å². The van der Waals surface area contributed by atoms with Gasteiger partial charge in [-0.25, -0.2) is 0 Å². The second-order valence-corrected chi connectivity index (χ2v) is 10.2. The molecule has 1 amide bonds. The van der Waals surface area contributed by atoms with Crippen molar-refractivity contribution in [2.45, 2.75) is 69.8 Å². The number of nitrogens with one attached hydrogen (secondary N) is 1. The van der Waals surface area contributed by atoms with Crippen molar-refractivity contribution in [2.75, 3.05) is 0 Å². The molecule has 0 aliphatic carbocycles. The Balaban J connectivity index is 2.15. The summed E-state index contributed by atoms with van der Waals surface area (Å²) in [4.78, 5) is 12.6. The first-order chi connectivity index (χ1) is 13.4. The fourth-order valence-electron chi connectivity index (χ4n) is 2.66. The van der Waals surface area contributed by atoms with Crippen LogP contribution in [0.25, 0.3) is 11.4 Å². The molecule has 1 heterocycles. The standard InChI is InChI=1S/C22H31N5OS/c1-14(2)22(7,13-23)24-19(28)15(3)29-20-26-25-18(27(20)8)16-9-11-17(12-10-16)21(4,5)6/h9-12,14-15H,1-8H3,(H,24,28)/t15-,22-/m0/s1. The zero-order valence-corrected chi connectivity index (χ0v) is 19.4. The van der Waals surface area contributed by atoms with Gasteiger partial charge in [-0.15, -0.1) is 10.2 Å². The Kier molecular flexibility index (Phi) is 6.79. The average Bonchev–Trinajstić information content (AvgIpc) is 3.01. The smallest absolute Gasteiger partial charge is 0.234 e. The fraction of sp³-hybridized carbons (Fsp3) is 0.545. The molecule has 156 valence electrons. The molecule has 0 fully saturated rings. The Morgan fingerprint density at radius 1 is 1.14 bits per heavy atom. The highest BCUT2D eigenvalue weighted by atomic mass is 32.2. The van der Waals surface area contributed by atoms with Crippen LogP contribution in [0.4, 0.5) is 0 Å². The predicted molar refractivity (Wildman–Crippen MR) is 117 cm³/mol. The van der Waals surface area contributed by atoms with E-state index in [1.165, 1.54) is 17.3 Å². The number of rotatable bonds is 6. The monoisotopic (exact) mass is 413 g/mol. The summed E-state index contributed by atoms with van der Waals surface area (Å²) in [5, 5.41) is 21.1. The lowest BCUT2D eigenvalue weighted by molar-refractivity contribution is -0.121. The van der Waals surface area contributed by atoms with Gasteiger partial charge in [0.05, 0.1) is 11.3 Å². The maximum atomic E-state index is 12.6. The van der Waals surface area contributed by atoms with Crippen molar-refractivity contribution in [3.63, 3.8) is 0 Å². The molecule has 1 aromatic carbocycles. The third-order valence-corrected chi connectivity index (χ3v) is 6.40. The van der Waals surface area contributed by atoms with Crippen molar-refractivity contribution in [1.29, 1.82) is 5.26 Å². The first-order valence-corrected chi connectivity index (χ1v) is 10.7. The van der Waals surface area contributed by atoms with Crippen LogP contribution >= 0.6 is 11.8 Å². The quantitative estimate of drug-likeness (QED) is 0.713. The number of benzene rings is 1. The number of carbonyl (C=O) groups excluding carboxylic acids is 1. The first kappa shape index (κ1) is 23.0. The topological polar surface area (TPSA) is 83.6 Å². The maximum absolute atomic E-state index is 12.6. The molecule has 0 unspecified atom stereocenters. The molecular formula is C22H31N5OS. The predicted octanol–water partition coefficient (Wildman–Crippen LogP) is 4.31. The van der Waals surface area contributed by atoms with E-state index in [9.17, 15) is 10.1 Å². The molecule has 0 saturated heterocycles. The minimum Gasteiger partial charge on any atom is -0.337 e. The van der Waals surface area contributed by atoms with Crippen molar-refractivity contribution in [3.8, 4) is 17.5 Å². The molecule has 29 heavy (non-hydrogen) atoms. The maximum Gasteiger partial charge on any atom is 0.234 e. The number of nitriles is 1. The molecule has 2 aromatic rings. The number of carbonyl (C=O) groups is 1. The molecule has 1 aromatic heterocycles. The largest absolute Gasteiger partial charge is 0.337 e. The molecular weight excluding hydrogens is 382 g/mol. The SMILES string of the molecule is CC(C)[C@](C)(C#N)NC(=O)[C@H](C)Sc1nnc(-c2ccc(C(C)(C)C)cc2)n1C. The van der Waals surface area contributed by atoms with E-state index >= 15 is 0 Å². The summed E-state index contributed by atoms with van der Waals surface area (Å²) in [7, 11) is 1.90. The van der Waals surface area contributed by atoms with Crippen LogP contribution in [-0.2, 0) is 17.3 Å². The summed E-state index contributed by atoms with van der Waals surface area (Å²) >= 11 is 1.33. The number of hydrogen-bond donors (Lipinski definition) is 1. The third-order valence-electron chi connectivity index (χ3n) is 5.27. The summed E-state index contributed by atoms with van der Waals surface area (Å²) in [6.07, 6.45) is 0. The first-order valence-electron chi connectivity index (χ1n) is 9.79. The van der Waals surface area contributed by atoms with E-state index < -0.39 is 10.8 Å². The summed E-state index contributed by atoms with van der Waals surface area (Å²) in [5.74, 6) is 0.572. The Bertz CT molecular complexity index is 905. The van der Waals surface area contributed by atoms with Crippen LogP contribution in [0.1, 0.15) is 54.0 Å². The van der Waals surface area contributed by atoms with Crippen molar-refractivity contribution >= 4 is 17.7 Å². The minimum absolute atomic E-state index is 0.00570. The third kappa shape index (κ3) is 5.18. The second-order valence-electron chi connectivity index (χ2n) is 8.91. The van der Waals surface area contributed by atoms with Crippen LogP contribution in [0, 0.1) is 17.2 Å². The van der Waals surface area contributed by atoms with Crippen molar-refractivity contribution in [2.24, 2.45) is 13.0 Å². The molecule has 0 radical (unpaired) electrons. The average molecular weight is 414 g/mol. The van der Waals surface area contributed by atoms with Crippen LogP contribution in [0.5, 0.6) is 0 Å². The van der Waals surface area contributed by atoms with Gasteiger partial charge in [0.1, 0.15) is 5.54 Å². The number of amides is 1. The van der Waals surface area contributed by atoms with Crippen molar-refractivity contribution < 1.29 is 4.79 Å². The number of hydrogen-bond acceptors (Lipinski definition) is 5. The highest BCUT2D eigenvalue weighted by Crippen LogP contribution is 2.28. The van der Waals surface area contributed by atoms with E-state index in [0.717, 1.165) is 11.4 Å². The van der Waals surface area contributed by atoms with Gasteiger partial charge >= 0.3 is 0 Å². The van der Waals surface area contributed by atoms with Gasteiger partial charge < -0.3 is 9.88 Å². The molecule has 0 spiro atoms. The van der Waals surface area contributed by atoms with Gasteiger partial charge in [0.2, 0.25) is 5.91 Å². The van der Waals surface area contributed by atoms with Gasteiger partial charge in [-0.2, -0.15) is 5.26 Å². The number of nitrogens with zero attached hydrogens (tertiary/aromatic N) is 4.